The van der Waals surface area contributed by atoms with Gasteiger partial charge < -0.3 is 9.84 Å². The number of aryl methyl sites for hydroxylation is 1. The van der Waals surface area contributed by atoms with Crippen LogP contribution in [0.5, 0.6) is 0 Å². The lowest BCUT2D eigenvalue weighted by molar-refractivity contribution is 0.0939. The van der Waals surface area contributed by atoms with E-state index in [1.807, 2.05) is 43.3 Å². The highest BCUT2D eigenvalue weighted by atomic mass is 79.9. The molecule has 0 spiro atoms. The Bertz CT molecular complexity index is 967. The quantitative estimate of drug-likeness (QED) is 0.525. The smallest absolute Gasteiger partial charge is 0.257 e. The van der Waals surface area contributed by atoms with E-state index in [0.29, 0.717) is 17.0 Å². The molecule has 1 heterocycles. The molecule has 4 nitrogen and oxygen atoms in total. The number of benzene rings is 2. The van der Waals surface area contributed by atoms with Gasteiger partial charge in [-0.15, -0.1) is 0 Å². The van der Waals surface area contributed by atoms with Gasteiger partial charge in [-0.25, -0.2) is 0 Å². The van der Waals surface area contributed by atoms with Crippen molar-refractivity contribution in [3.63, 3.8) is 0 Å². The molecule has 0 radical (unpaired) electrons. The minimum absolute atomic E-state index is 0.0657. The van der Waals surface area contributed by atoms with Gasteiger partial charge >= 0.3 is 0 Å². The number of carbonyl (C=O) groups is 1. The Balaban J connectivity index is 1.86. The zero-order chi connectivity index (χ0) is 20.5. The van der Waals surface area contributed by atoms with E-state index < -0.39 is 0 Å². The number of aromatic nitrogens is 1. The van der Waals surface area contributed by atoms with E-state index >= 15 is 0 Å². The molecule has 1 aromatic heterocycles. The number of carbonyl (C=O) groups excluding carboxylic acids is 1. The highest BCUT2D eigenvalue weighted by Crippen LogP contribution is 2.30. The number of hydrogen-bond acceptors (Lipinski definition) is 3. The molecular weight excluding hydrogens is 416 g/mol. The Hall–Kier alpha value is -2.40. The Labute approximate surface area is 174 Å². The topological polar surface area (TPSA) is 55.1 Å². The van der Waals surface area contributed by atoms with Crippen molar-refractivity contribution in [1.29, 1.82) is 0 Å². The highest BCUT2D eigenvalue weighted by molar-refractivity contribution is 9.10. The molecule has 5 heteroatoms. The summed E-state index contributed by atoms with van der Waals surface area (Å²) in [7, 11) is 0. The SMILES string of the molecule is Cc1noc(-c2ccc(C(C)(C)C)cc2)c1C(=O)N[C@@H](C)c1ccc(Br)cc1. The first-order valence-electron chi connectivity index (χ1n) is 9.30. The fourth-order valence-electron chi connectivity index (χ4n) is 3.06. The summed E-state index contributed by atoms with van der Waals surface area (Å²) in [6.07, 6.45) is 0. The van der Waals surface area contributed by atoms with Crippen LogP contribution in [0.3, 0.4) is 0 Å². The van der Waals surface area contributed by atoms with Crippen LogP contribution in [0.4, 0.5) is 0 Å². The average molecular weight is 441 g/mol. The molecule has 0 aliphatic carbocycles. The molecule has 0 aliphatic rings. The van der Waals surface area contributed by atoms with Crippen molar-refractivity contribution in [2.45, 2.75) is 46.1 Å². The van der Waals surface area contributed by atoms with Crippen molar-refractivity contribution in [2.75, 3.05) is 0 Å². The van der Waals surface area contributed by atoms with Crippen molar-refractivity contribution in [3.05, 3.63) is 75.4 Å². The van der Waals surface area contributed by atoms with Crippen LogP contribution in [0.15, 0.2) is 57.5 Å². The van der Waals surface area contributed by atoms with Gasteiger partial charge in [-0.1, -0.05) is 78.3 Å². The molecule has 3 aromatic rings. The lowest BCUT2D eigenvalue weighted by Crippen LogP contribution is -2.27. The van der Waals surface area contributed by atoms with Crippen molar-refractivity contribution >= 4 is 21.8 Å². The van der Waals surface area contributed by atoms with Crippen molar-refractivity contribution in [1.82, 2.24) is 10.5 Å². The van der Waals surface area contributed by atoms with E-state index in [1.165, 1.54) is 5.56 Å². The van der Waals surface area contributed by atoms with Crippen molar-refractivity contribution < 1.29 is 9.32 Å². The van der Waals surface area contributed by atoms with Gasteiger partial charge in [0.2, 0.25) is 0 Å². The van der Waals surface area contributed by atoms with E-state index in [0.717, 1.165) is 15.6 Å². The molecule has 0 bridgehead atoms. The standard InChI is InChI=1S/C23H25BrN2O2/c1-14(16-8-12-19(24)13-9-16)25-22(27)20-15(2)26-28-21(20)17-6-10-18(11-7-17)23(3,4)5/h6-14H,1-5H3,(H,25,27)/t14-/m0/s1. The van der Waals surface area contributed by atoms with Crippen LogP contribution in [0.1, 0.15) is 60.9 Å². The Morgan fingerprint density at radius 2 is 1.68 bits per heavy atom. The lowest BCUT2D eigenvalue weighted by Gasteiger charge is -2.19. The van der Waals surface area contributed by atoms with E-state index in [2.05, 4.69) is 59.3 Å². The van der Waals surface area contributed by atoms with Gasteiger partial charge in [-0.2, -0.15) is 0 Å². The molecule has 0 unspecified atom stereocenters. The van der Waals surface area contributed by atoms with E-state index in [4.69, 9.17) is 4.52 Å². The van der Waals surface area contributed by atoms with Gasteiger partial charge in [0.25, 0.3) is 5.91 Å². The third kappa shape index (κ3) is 4.36. The summed E-state index contributed by atoms with van der Waals surface area (Å²) in [5, 5.41) is 7.09. The lowest BCUT2D eigenvalue weighted by atomic mass is 9.86. The molecule has 28 heavy (non-hydrogen) atoms. The third-order valence-corrected chi connectivity index (χ3v) is 5.35. The van der Waals surface area contributed by atoms with Gasteiger partial charge in [0, 0.05) is 10.0 Å². The highest BCUT2D eigenvalue weighted by Gasteiger charge is 2.24. The van der Waals surface area contributed by atoms with Gasteiger partial charge in [0.1, 0.15) is 5.56 Å². The summed E-state index contributed by atoms with van der Waals surface area (Å²) in [5.41, 5.74) is 4.22. The number of hydrogen-bond donors (Lipinski definition) is 1. The summed E-state index contributed by atoms with van der Waals surface area (Å²) in [6.45, 7) is 10.3. The normalized spacial score (nSPS) is 12.6. The second-order valence-corrected chi connectivity index (χ2v) is 8.96. The van der Waals surface area contributed by atoms with Crippen LogP contribution in [-0.2, 0) is 5.41 Å². The third-order valence-electron chi connectivity index (χ3n) is 4.82. The number of rotatable bonds is 4. The van der Waals surface area contributed by atoms with E-state index in [1.54, 1.807) is 6.92 Å². The van der Waals surface area contributed by atoms with Crippen LogP contribution in [0, 0.1) is 6.92 Å². The van der Waals surface area contributed by atoms with Crippen LogP contribution >= 0.6 is 15.9 Å². The van der Waals surface area contributed by atoms with Crippen LogP contribution in [-0.4, -0.2) is 11.1 Å². The summed E-state index contributed by atoms with van der Waals surface area (Å²) in [5.74, 6) is 0.308. The largest absolute Gasteiger partial charge is 0.355 e. The first kappa shape index (κ1) is 20.3. The van der Waals surface area contributed by atoms with Gasteiger partial charge in [-0.05, 0) is 42.5 Å². The van der Waals surface area contributed by atoms with Crippen LogP contribution < -0.4 is 5.32 Å². The van der Waals surface area contributed by atoms with Gasteiger partial charge in [-0.3, -0.25) is 4.79 Å². The van der Waals surface area contributed by atoms with E-state index in [9.17, 15) is 4.79 Å². The fourth-order valence-corrected chi connectivity index (χ4v) is 3.32. The van der Waals surface area contributed by atoms with Crippen LogP contribution in [0.2, 0.25) is 0 Å². The summed E-state index contributed by atoms with van der Waals surface area (Å²) in [4.78, 5) is 13.0. The molecule has 1 atom stereocenters. The molecule has 0 saturated carbocycles. The second-order valence-electron chi connectivity index (χ2n) is 8.05. The Morgan fingerprint density at radius 3 is 2.25 bits per heavy atom. The van der Waals surface area contributed by atoms with E-state index in [-0.39, 0.29) is 17.4 Å². The average Bonchev–Trinajstić information content (AvgIpc) is 3.03. The van der Waals surface area contributed by atoms with Crippen molar-refractivity contribution in [3.8, 4) is 11.3 Å². The molecule has 0 aliphatic heterocycles. The van der Waals surface area contributed by atoms with Gasteiger partial charge in [0.15, 0.2) is 5.76 Å². The second kappa shape index (κ2) is 7.92. The molecule has 2 aromatic carbocycles. The minimum Gasteiger partial charge on any atom is -0.355 e. The summed E-state index contributed by atoms with van der Waals surface area (Å²) in [6, 6.07) is 15.9. The molecular formula is C23H25BrN2O2. The number of halogens is 1. The Kier molecular flexibility index (Phi) is 5.75. The van der Waals surface area contributed by atoms with Gasteiger partial charge in [0.05, 0.1) is 11.7 Å². The predicted molar refractivity (Wildman–Crippen MR) is 115 cm³/mol. The Morgan fingerprint density at radius 1 is 1.07 bits per heavy atom. The number of nitrogens with one attached hydrogen (secondary N) is 1. The number of amides is 1. The fraction of sp³-hybridized carbons (Fsp3) is 0.304. The first-order chi connectivity index (χ1) is 13.2. The first-order valence-corrected chi connectivity index (χ1v) is 10.1. The maximum atomic E-state index is 13.0. The molecule has 0 fully saturated rings. The monoisotopic (exact) mass is 440 g/mol. The van der Waals surface area contributed by atoms with Crippen molar-refractivity contribution in [2.24, 2.45) is 0 Å². The molecule has 0 saturated heterocycles. The number of nitrogens with zero attached hydrogens (tertiary/aromatic N) is 1. The molecule has 146 valence electrons. The summed E-state index contributed by atoms with van der Waals surface area (Å²) >= 11 is 3.43. The summed E-state index contributed by atoms with van der Waals surface area (Å²) < 4.78 is 6.52. The zero-order valence-corrected chi connectivity index (χ0v) is 18.4. The molecule has 1 amide bonds. The minimum atomic E-state index is -0.191. The van der Waals surface area contributed by atoms with Crippen LogP contribution in [0.25, 0.3) is 11.3 Å². The maximum absolute atomic E-state index is 13.0. The predicted octanol–water partition coefficient (Wildman–Crippen LogP) is 6.20. The molecule has 3 rings (SSSR count). The zero-order valence-electron chi connectivity index (χ0n) is 16.8. The maximum Gasteiger partial charge on any atom is 0.257 e. The molecule has 1 N–H and O–H groups in total.